The van der Waals surface area contributed by atoms with Crippen LogP contribution in [0.3, 0.4) is 0 Å². The molecule has 2 N–H and O–H groups in total. The summed E-state index contributed by atoms with van der Waals surface area (Å²) in [6, 6.07) is 9.83. The summed E-state index contributed by atoms with van der Waals surface area (Å²) in [5.74, 6) is -1.07. The summed E-state index contributed by atoms with van der Waals surface area (Å²) in [7, 11) is 0. The molecule has 1 aromatic carbocycles. The van der Waals surface area contributed by atoms with Crippen LogP contribution in [0.2, 0.25) is 0 Å². The van der Waals surface area contributed by atoms with Gasteiger partial charge in [0.2, 0.25) is 0 Å². The van der Waals surface area contributed by atoms with Crippen LogP contribution in [-0.2, 0) is 0 Å². The first-order valence-electron chi connectivity index (χ1n) is 8.67. The van der Waals surface area contributed by atoms with E-state index < -0.39 is 5.82 Å². The SMILES string of the molecule is Cc1ccc(C(=O)NCCNC(=O)c2sc(-c3ccccn3)nc2C)cc1F. The second-order valence-electron chi connectivity index (χ2n) is 6.12. The minimum absolute atomic E-state index is 0.227. The normalized spacial score (nSPS) is 10.5. The zero-order valence-corrected chi connectivity index (χ0v) is 16.3. The van der Waals surface area contributed by atoms with E-state index in [4.69, 9.17) is 0 Å². The molecule has 8 heteroatoms. The lowest BCUT2D eigenvalue weighted by molar-refractivity contribution is 0.0929. The number of hydrogen-bond acceptors (Lipinski definition) is 5. The first kappa shape index (κ1) is 19.6. The van der Waals surface area contributed by atoms with Crippen molar-refractivity contribution in [2.24, 2.45) is 0 Å². The lowest BCUT2D eigenvalue weighted by Gasteiger charge is -2.07. The first-order valence-corrected chi connectivity index (χ1v) is 9.48. The Bertz CT molecular complexity index is 1000. The highest BCUT2D eigenvalue weighted by Crippen LogP contribution is 2.26. The predicted molar refractivity (Wildman–Crippen MR) is 106 cm³/mol. The molecule has 0 atom stereocenters. The molecule has 0 aliphatic heterocycles. The Hall–Kier alpha value is -3.13. The quantitative estimate of drug-likeness (QED) is 0.625. The van der Waals surface area contributed by atoms with Gasteiger partial charge in [0.1, 0.15) is 15.7 Å². The minimum atomic E-state index is -0.426. The molecule has 2 amide bonds. The predicted octanol–water partition coefficient (Wildman–Crippen LogP) is 3.12. The highest BCUT2D eigenvalue weighted by Gasteiger charge is 2.16. The fraction of sp³-hybridized carbons (Fsp3) is 0.200. The Balaban J connectivity index is 1.53. The summed E-state index contributed by atoms with van der Waals surface area (Å²) in [5, 5.41) is 6.09. The van der Waals surface area contributed by atoms with Gasteiger partial charge in [-0.25, -0.2) is 9.37 Å². The molecule has 0 radical (unpaired) electrons. The number of carbonyl (C=O) groups is 2. The standard InChI is InChI=1S/C20H19FN4O2S/c1-12-6-7-14(11-15(12)21)18(26)23-9-10-24-19(27)17-13(2)25-20(28-17)16-5-3-4-8-22-16/h3-8,11H,9-10H2,1-2H3,(H,23,26)(H,24,27). The van der Waals surface area contributed by atoms with E-state index in [0.29, 0.717) is 26.8 Å². The van der Waals surface area contributed by atoms with E-state index in [1.165, 1.54) is 17.4 Å². The summed E-state index contributed by atoms with van der Waals surface area (Å²) in [6.07, 6.45) is 1.68. The monoisotopic (exact) mass is 398 g/mol. The average Bonchev–Trinajstić information content (AvgIpc) is 3.09. The van der Waals surface area contributed by atoms with Crippen LogP contribution in [0.5, 0.6) is 0 Å². The number of aromatic nitrogens is 2. The van der Waals surface area contributed by atoms with Crippen molar-refractivity contribution >= 4 is 23.2 Å². The van der Waals surface area contributed by atoms with Gasteiger partial charge >= 0.3 is 0 Å². The summed E-state index contributed by atoms with van der Waals surface area (Å²) >= 11 is 1.27. The number of pyridine rings is 1. The number of amides is 2. The molecule has 3 rings (SSSR count). The van der Waals surface area contributed by atoms with Gasteiger partial charge in [-0.05, 0) is 43.7 Å². The van der Waals surface area contributed by atoms with Crippen LogP contribution < -0.4 is 10.6 Å². The molecular weight excluding hydrogens is 379 g/mol. The van der Waals surface area contributed by atoms with Crippen LogP contribution in [0.4, 0.5) is 4.39 Å². The molecule has 0 bridgehead atoms. The van der Waals surface area contributed by atoms with E-state index in [9.17, 15) is 14.0 Å². The summed E-state index contributed by atoms with van der Waals surface area (Å²) < 4.78 is 13.5. The van der Waals surface area contributed by atoms with Gasteiger partial charge in [-0.2, -0.15) is 0 Å². The number of benzene rings is 1. The Morgan fingerprint density at radius 2 is 1.82 bits per heavy atom. The van der Waals surface area contributed by atoms with Crippen LogP contribution in [-0.4, -0.2) is 34.9 Å². The molecule has 6 nitrogen and oxygen atoms in total. The molecule has 0 spiro atoms. The van der Waals surface area contributed by atoms with Crippen molar-refractivity contribution in [3.8, 4) is 10.7 Å². The van der Waals surface area contributed by atoms with E-state index in [-0.39, 0.29) is 30.5 Å². The minimum Gasteiger partial charge on any atom is -0.350 e. The van der Waals surface area contributed by atoms with Gasteiger partial charge < -0.3 is 10.6 Å². The molecule has 3 aromatic rings. The number of carbonyl (C=O) groups excluding carboxylic acids is 2. The maximum Gasteiger partial charge on any atom is 0.263 e. The van der Waals surface area contributed by atoms with Crippen LogP contribution >= 0.6 is 11.3 Å². The number of halogens is 1. The van der Waals surface area contributed by atoms with Gasteiger partial charge in [-0.3, -0.25) is 14.6 Å². The van der Waals surface area contributed by atoms with E-state index in [1.54, 1.807) is 32.2 Å². The second kappa shape index (κ2) is 8.71. The van der Waals surface area contributed by atoms with Crippen molar-refractivity contribution < 1.29 is 14.0 Å². The first-order chi connectivity index (χ1) is 13.5. The van der Waals surface area contributed by atoms with E-state index in [0.717, 1.165) is 0 Å². The van der Waals surface area contributed by atoms with Gasteiger partial charge in [-0.1, -0.05) is 12.1 Å². The number of thiazole rings is 1. The summed E-state index contributed by atoms with van der Waals surface area (Å²) in [6.45, 7) is 3.87. The Morgan fingerprint density at radius 3 is 2.50 bits per heavy atom. The number of nitrogens with zero attached hydrogens (tertiary/aromatic N) is 2. The van der Waals surface area contributed by atoms with E-state index in [1.807, 2.05) is 18.2 Å². The Kier molecular flexibility index (Phi) is 6.10. The maximum atomic E-state index is 13.5. The molecule has 144 valence electrons. The molecule has 0 saturated carbocycles. The molecule has 28 heavy (non-hydrogen) atoms. The fourth-order valence-electron chi connectivity index (χ4n) is 2.47. The molecule has 0 aliphatic carbocycles. The second-order valence-corrected chi connectivity index (χ2v) is 7.12. The van der Waals surface area contributed by atoms with Crippen LogP contribution in [0.15, 0.2) is 42.6 Å². The zero-order valence-electron chi connectivity index (χ0n) is 15.5. The Morgan fingerprint density at radius 1 is 1.07 bits per heavy atom. The van der Waals surface area contributed by atoms with Crippen molar-refractivity contribution in [2.75, 3.05) is 13.1 Å². The van der Waals surface area contributed by atoms with Gasteiger partial charge in [0.05, 0.1) is 11.4 Å². The van der Waals surface area contributed by atoms with E-state index in [2.05, 4.69) is 20.6 Å². The van der Waals surface area contributed by atoms with Crippen molar-refractivity contribution in [3.63, 3.8) is 0 Å². The molecule has 2 aromatic heterocycles. The van der Waals surface area contributed by atoms with Gasteiger partial charge in [0, 0.05) is 24.8 Å². The van der Waals surface area contributed by atoms with E-state index >= 15 is 0 Å². The van der Waals surface area contributed by atoms with Crippen LogP contribution in [0.25, 0.3) is 10.7 Å². The zero-order chi connectivity index (χ0) is 20.1. The van der Waals surface area contributed by atoms with Gasteiger partial charge in [-0.15, -0.1) is 11.3 Å². The summed E-state index contributed by atoms with van der Waals surface area (Å²) in [5.41, 5.74) is 2.07. The highest BCUT2D eigenvalue weighted by molar-refractivity contribution is 7.17. The van der Waals surface area contributed by atoms with Crippen molar-refractivity contribution in [1.29, 1.82) is 0 Å². The average molecular weight is 398 g/mol. The highest BCUT2D eigenvalue weighted by atomic mass is 32.1. The van der Waals surface area contributed by atoms with Crippen LogP contribution in [0.1, 0.15) is 31.3 Å². The largest absolute Gasteiger partial charge is 0.350 e. The molecule has 0 unspecified atom stereocenters. The van der Waals surface area contributed by atoms with Gasteiger partial charge in [0.15, 0.2) is 0 Å². The maximum absolute atomic E-state index is 13.5. The summed E-state index contributed by atoms with van der Waals surface area (Å²) in [4.78, 5) is 33.6. The molecule has 0 aliphatic rings. The third-order valence-electron chi connectivity index (χ3n) is 4.02. The van der Waals surface area contributed by atoms with Crippen LogP contribution in [0, 0.1) is 19.7 Å². The Labute approximate surface area is 165 Å². The number of aryl methyl sites for hydroxylation is 2. The van der Waals surface area contributed by atoms with Crippen molar-refractivity contribution in [1.82, 2.24) is 20.6 Å². The smallest absolute Gasteiger partial charge is 0.263 e. The van der Waals surface area contributed by atoms with Gasteiger partial charge in [0.25, 0.3) is 11.8 Å². The third-order valence-corrected chi connectivity index (χ3v) is 5.20. The van der Waals surface area contributed by atoms with Crippen molar-refractivity contribution in [3.05, 3.63) is 70.1 Å². The fourth-order valence-corrected chi connectivity index (χ4v) is 3.43. The molecule has 0 fully saturated rings. The number of rotatable bonds is 6. The third kappa shape index (κ3) is 4.58. The lowest BCUT2D eigenvalue weighted by Crippen LogP contribution is -2.34. The molecule has 0 saturated heterocycles. The molecular formula is C20H19FN4O2S. The van der Waals surface area contributed by atoms with Crippen molar-refractivity contribution in [2.45, 2.75) is 13.8 Å². The topological polar surface area (TPSA) is 84.0 Å². The lowest BCUT2D eigenvalue weighted by atomic mass is 10.1. The molecule has 2 heterocycles. The number of hydrogen-bond donors (Lipinski definition) is 2. The number of nitrogens with one attached hydrogen (secondary N) is 2.